The number of hydrogen-bond donors (Lipinski definition) is 1. The van der Waals surface area contributed by atoms with Crippen molar-refractivity contribution in [3.8, 4) is 0 Å². The number of halogens is 1. The number of esters is 1. The molecule has 0 radical (unpaired) electrons. The Hall–Kier alpha value is -2.27. The van der Waals surface area contributed by atoms with Crippen LogP contribution in [0.4, 0.5) is 11.4 Å². The van der Waals surface area contributed by atoms with Crippen LogP contribution in [0.5, 0.6) is 0 Å². The van der Waals surface area contributed by atoms with E-state index in [1.54, 1.807) is 18.3 Å². The van der Waals surface area contributed by atoms with Gasteiger partial charge in [0.2, 0.25) is 0 Å². The Morgan fingerprint density at radius 1 is 1.43 bits per heavy atom. The van der Waals surface area contributed by atoms with Gasteiger partial charge in [0.05, 0.1) is 35.6 Å². The summed E-state index contributed by atoms with van der Waals surface area (Å²) >= 11 is 6.25. The van der Waals surface area contributed by atoms with Crippen molar-refractivity contribution in [2.75, 3.05) is 24.8 Å². The number of benzene rings is 1. The van der Waals surface area contributed by atoms with Gasteiger partial charge in [-0.3, -0.25) is 4.98 Å². The molecule has 0 unspecified atom stereocenters. The van der Waals surface area contributed by atoms with E-state index in [9.17, 15) is 4.79 Å². The quantitative estimate of drug-likeness (QED) is 0.695. The molecule has 0 bridgehead atoms. The molecule has 0 fully saturated rings. The summed E-state index contributed by atoms with van der Waals surface area (Å²) in [4.78, 5) is 18.0. The molecule has 0 amide bonds. The summed E-state index contributed by atoms with van der Waals surface area (Å²) in [7, 11) is 3.15. The van der Waals surface area contributed by atoms with Crippen molar-refractivity contribution >= 4 is 28.9 Å². The SMILES string of the molecule is COC(=O)c1cc(N)cc(Cl)c1N(C)Cc1ccccn1. The Labute approximate surface area is 128 Å². The van der Waals surface area contributed by atoms with Crippen LogP contribution in [-0.2, 0) is 11.3 Å². The molecule has 21 heavy (non-hydrogen) atoms. The lowest BCUT2D eigenvalue weighted by Gasteiger charge is -2.23. The standard InChI is InChI=1S/C15H16ClN3O2/c1-19(9-11-5-3-4-6-18-11)14-12(15(20)21-2)7-10(17)8-13(14)16/h3-8H,9,17H2,1-2H3. The minimum Gasteiger partial charge on any atom is -0.465 e. The fourth-order valence-corrected chi connectivity index (χ4v) is 2.46. The highest BCUT2D eigenvalue weighted by atomic mass is 35.5. The van der Waals surface area contributed by atoms with Gasteiger partial charge in [-0.2, -0.15) is 0 Å². The summed E-state index contributed by atoms with van der Waals surface area (Å²) < 4.78 is 4.79. The first-order valence-corrected chi connectivity index (χ1v) is 6.69. The largest absolute Gasteiger partial charge is 0.465 e. The normalized spacial score (nSPS) is 10.2. The van der Waals surface area contributed by atoms with Gasteiger partial charge in [-0.1, -0.05) is 17.7 Å². The summed E-state index contributed by atoms with van der Waals surface area (Å²) in [6, 6.07) is 8.82. The highest BCUT2D eigenvalue weighted by Crippen LogP contribution is 2.33. The zero-order valence-electron chi connectivity index (χ0n) is 11.8. The lowest BCUT2D eigenvalue weighted by Crippen LogP contribution is -2.21. The fraction of sp³-hybridized carbons (Fsp3) is 0.200. The molecule has 2 rings (SSSR count). The van der Waals surface area contributed by atoms with Gasteiger partial charge in [-0.25, -0.2) is 4.79 Å². The molecule has 0 aliphatic heterocycles. The maximum atomic E-state index is 11.9. The van der Waals surface area contributed by atoms with Gasteiger partial charge in [0.1, 0.15) is 0 Å². The van der Waals surface area contributed by atoms with Crippen LogP contribution in [0.3, 0.4) is 0 Å². The van der Waals surface area contributed by atoms with Crippen molar-refractivity contribution in [3.05, 3.63) is 52.8 Å². The average Bonchev–Trinajstić information content (AvgIpc) is 2.46. The molecule has 5 nitrogen and oxygen atoms in total. The first-order valence-electron chi connectivity index (χ1n) is 6.31. The molecule has 0 aliphatic rings. The minimum atomic E-state index is -0.480. The van der Waals surface area contributed by atoms with Crippen LogP contribution in [-0.4, -0.2) is 25.1 Å². The van der Waals surface area contributed by atoms with Crippen molar-refractivity contribution < 1.29 is 9.53 Å². The maximum Gasteiger partial charge on any atom is 0.340 e. The molecule has 1 heterocycles. The van der Waals surface area contributed by atoms with E-state index in [2.05, 4.69) is 4.98 Å². The number of nitrogen functional groups attached to an aromatic ring is 1. The monoisotopic (exact) mass is 305 g/mol. The van der Waals surface area contributed by atoms with Gasteiger partial charge in [0.15, 0.2) is 0 Å². The number of carbonyl (C=O) groups is 1. The number of nitrogens with zero attached hydrogens (tertiary/aromatic N) is 2. The summed E-state index contributed by atoms with van der Waals surface area (Å²) in [5, 5.41) is 0.397. The number of methoxy groups -OCH3 is 1. The van der Waals surface area contributed by atoms with Crippen molar-refractivity contribution in [1.29, 1.82) is 0 Å². The molecule has 1 aromatic carbocycles. The third kappa shape index (κ3) is 3.44. The Bertz CT molecular complexity index is 647. The van der Waals surface area contributed by atoms with E-state index in [-0.39, 0.29) is 0 Å². The molecule has 110 valence electrons. The van der Waals surface area contributed by atoms with Gasteiger partial charge in [0.25, 0.3) is 0 Å². The zero-order chi connectivity index (χ0) is 15.4. The van der Waals surface area contributed by atoms with Crippen LogP contribution in [0.1, 0.15) is 16.1 Å². The van der Waals surface area contributed by atoms with Gasteiger partial charge in [-0.05, 0) is 24.3 Å². The van der Waals surface area contributed by atoms with Crippen molar-refractivity contribution in [2.45, 2.75) is 6.54 Å². The number of anilines is 2. The number of rotatable bonds is 4. The highest BCUT2D eigenvalue weighted by Gasteiger charge is 2.19. The summed E-state index contributed by atoms with van der Waals surface area (Å²) in [5.74, 6) is -0.480. The molecule has 0 saturated carbocycles. The fourth-order valence-electron chi connectivity index (χ4n) is 2.09. The Kier molecular flexibility index (Phi) is 4.65. The number of pyridine rings is 1. The zero-order valence-corrected chi connectivity index (χ0v) is 12.6. The lowest BCUT2D eigenvalue weighted by atomic mass is 10.1. The Balaban J connectivity index is 2.40. The van der Waals surface area contributed by atoms with Gasteiger partial charge in [0, 0.05) is 18.9 Å². The molecule has 2 aromatic rings. The average molecular weight is 306 g/mol. The predicted molar refractivity (Wildman–Crippen MR) is 83.5 cm³/mol. The van der Waals surface area contributed by atoms with Crippen LogP contribution in [0.2, 0.25) is 5.02 Å². The minimum absolute atomic E-state index is 0.334. The first-order chi connectivity index (χ1) is 10.0. The van der Waals surface area contributed by atoms with Crippen LogP contribution in [0.15, 0.2) is 36.5 Å². The van der Waals surface area contributed by atoms with Crippen molar-refractivity contribution in [3.63, 3.8) is 0 Å². The third-order valence-corrected chi connectivity index (χ3v) is 3.29. The van der Waals surface area contributed by atoms with E-state index < -0.39 is 5.97 Å². The number of hydrogen-bond acceptors (Lipinski definition) is 5. The van der Waals surface area contributed by atoms with Gasteiger partial charge >= 0.3 is 5.97 Å². The lowest BCUT2D eigenvalue weighted by molar-refractivity contribution is 0.0601. The van der Waals surface area contributed by atoms with Gasteiger partial charge in [-0.15, -0.1) is 0 Å². The van der Waals surface area contributed by atoms with E-state index in [0.29, 0.717) is 28.5 Å². The molecular formula is C15H16ClN3O2. The summed E-state index contributed by atoms with van der Waals surface area (Å²) in [6.45, 7) is 0.508. The predicted octanol–water partition coefficient (Wildman–Crippen LogP) is 2.74. The number of aromatic nitrogens is 1. The third-order valence-electron chi connectivity index (χ3n) is 3.00. The Morgan fingerprint density at radius 3 is 2.81 bits per heavy atom. The van der Waals surface area contributed by atoms with Crippen molar-refractivity contribution in [2.24, 2.45) is 0 Å². The summed E-state index contributed by atoms with van der Waals surface area (Å²) in [6.07, 6.45) is 1.72. The number of nitrogens with two attached hydrogens (primary N) is 1. The Morgan fingerprint density at radius 2 is 2.19 bits per heavy atom. The van der Waals surface area contributed by atoms with Crippen LogP contribution in [0.25, 0.3) is 0 Å². The molecule has 0 aliphatic carbocycles. The van der Waals surface area contributed by atoms with Crippen LogP contribution >= 0.6 is 11.6 Å². The summed E-state index contributed by atoms with van der Waals surface area (Å²) in [5.41, 5.74) is 7.93. The van der Waals surface area contributed by atoms with Gasteiger partial charge < -0.3 is 15.4 Å². The number of carbonyl (C=O) groups excluding carboxylic acids is 1. The molecule has 0 spiro atoms. The van der Waals surface area contributed by atoms with E-state index in [1.807, 2.05) is 30.1 Å². The topological polar surface area (TPSA) is 68.5 Å². The number of ether oxygens (including phenoxy) is 1. The smallest absolute Gasteiger partial charge is 0.340 e. The maximum absolute atomic E-state index is 11.9. The first kappa shape index (κ1) is 15.1. The molecule has 0 atom stereocenters. The van der Waals surface area contributed by atoms with Crippen LogP contribution in [0, 0.1) is 0 Å². The second-order valence-electron chi connectivity index (χ2n) is 4.57. The van der Waals surface area contributed by atoms with E-state index in [0.717, 1.165) is 5.69 Å². The highest BCUT2D eigenvalue weighted by molar-refractivity contribution is 6.34. The molecule has 1 aromatic heterocycles. The molecule has 6 heteroatoms. The second-order valence-corrected chi connectivity index (χ2v) is 4.97. The molecular weight excluding hydrogens is 290 g/mol. The van der Waals surface area contributed by atoms with E-state index in [1.165, 1.54) is 7.11 Å². The van der Waals surface area contributed by atoms with E-state index in [4.69, 9.17) is 22.1 Å². The van der Waals surface area contributed by atoms with Crippen LogP contribution < -0.4 is 10.6 Å². The van der Waals surface area contributed by atoms with Crippen molar-refractivity contribution in [1.82, 2.24) is 4.98 Å². The molecule has 2 N–H and O–H groups in total. The molecule has 0 saturated heterocycles. The second kappa shape index (κ2) is 6.45. The van der Waals surface area contributed by atoms with E-state index >= 15 is 0 Å².